The third kappa shape index (κ3) is 1.38. The van der Waals surface area contributed by atoms with E-state index < -0.39 is 23.8 Å². The monoisotopic (exact) mass is 278 g/mol. The van der Waals surface area contributed by atoms with E-state index in [1.165, 1.54) is 0 Å². The molecule has 106 valence electrons. The lowest BCUT2D eigenvalue weighted by Crippen LogP contribution is -2.55. The predicted molar refractivity (Wildman–Crippen MR) is 62.9 cm³/mol. The molecule has 0 unspecified atom stereocenters. The van der Waals surface area contributed by atoms with Crippen molar-refractivity contribution in [1.82, 2.24) is 10.2 Å². The normalized spacial score (nSPS) is 43.2. The van der Waals surface area contributed by atoms with Gasteiger partial charge in [0.25, 0.3) is 0 Å². The second kappa shape index (κ2) is 3.88. The molecule has 4 saturated heterocycles. The van der Waals surface area contributed by atoms with Gasteiger partial charge in [-0.25, -0.2) is 0 Å². The minimum atomic E-state index is -0.835. The highest BCUT2D eigenvalue weighted by atomic mass is 16.5. The largest absolute Gasteiger partial charge is 0.373 e. The van der Waals surface area contributed by atoms with E-state index in [1.807, 2.05) is 0 Å². The van der Waals surface area contributed by atoms with E-state index in [-0.39, 0.29) is 42.8 Å². The molecule has 2 bridgehead atoms. The lowest BCUT2D eigenvalue weighted by atomic mass is 9.81. The Bertz CT molecular complexity index is 517. The molecular weight excluding hydrogens is 264 g/mol. The topological polar surface area (TPSA) is 92.8 Å². The molecule has 4 amide bonds. The molecule has 7 heteroatoms. The number of rotatable bonds is 1. The van der Waals surface area contributed by atoms with E-state index in [1.54, 1.807) is 0 Å². The third-order valence-corrected chi connectivity index (χ3v) is 4.84. The molecular formula is C13H14N2O5. The number of imide groups is 2. The van der Waals surface area contributed by atoms with Crippen LogP contribution in [0, 0.1) is 11.8 Å². The van der Waals surface area contributed by atoms with Crippen molar-refractivity contribution in [3.05, 3.63) is 0 Å². The molecule has 0 aromatic carbocycles. The fraction of sp³-hybridized carbons (Fsp3) is 0.692. The lowest BCUT2D eigenvalue weighted by Gasteiger charge is -2.29. The van der Waals surface area contributed by atoms with Gasteiger partial charge in [0.2, 0.25) is 23.6 Å². The van der Waals surface area contributed by atoms with Crippen molar-refractivity contribution in [1.29, 1.82) is 0 Å². The molecule has 4 rings (SSSR count). The first kappa shape index (κ1) is 12.0. The molecule has 4 fully saturated rings. The second-order valence-electron chi connectivity index (χ2n) is 5.86. The molecule has 0 aromatic heterocycles. The Morgan fingerprint density at radius 3 is 2.10 bits per heavy atom. The maximum atomic E-state index is 12.5. The van der Waals surface area contributed by atoms with Crippen LogP contribution in [-0.4, -0.2) is 46.8 Å². The van der Waals surface area contributed by atoms with Crippen LogP contribution in [0.3, 0.4) is 0 Å². The Morgan fingerprint density at radius 2 is 1.55 bits per heavy atom. The number of amides is 4. The summed E-state index contributed by atoms with van der Waals surface area (Å²) in [5, 5.41) is 2.20. The van der Waals surface area contributed by atoms with Crippen molar-refractivity contribution >= 4 is 23.6 Å². The van der Waals surface area contributed by atoms with Crippen LogP contribution in [0.15, 0.2) is 0 Å². The van der Waals surface area contributed by atoms with Gasteiger partial charge in [0.1, 0.15) is 6.04 Å². The van der Waals surface area contributed by atoms with Crippen LogP contribution in [0.1, 0.15) is 25.7 Å². The van der Waals surface area contributed by atoms with Gasteiger partial charge in [0.15, 0.2) is 0 Å². The highest BCUT2D eigenvalue weighted by Gasteiger charge is 2.64. The number of ether oxygens (including phenoxy) is 1. The number of hydrogen-bond donors (Lipinski definition) is 1. The van der Waals surface area contributed by atoms with Gasteiger partial charge in [-0.2, -0.15) is 0 Å². The number of carbonyl (C=O) groups is 4. The van der Waals surface area contributed by atoms with Crippen molar-refractivity contribution < 1.29 is 23.9 Å². The number of hydrogen-bond acceptors (Lipinski definition) is 5. The zero-order valence-electron chi connectivity index (χ0n) is 10.7. The van der Waals surface area contributed by atoms with Gasteiger partial charge in [-0.15, -0.1) is 0 Å². The molecule has 4 aliphatic rings. The average molecular weight is 278 g/mol. The first-order valence-electron chi connectivity index (χ1n) is 6.94. The SMILES string of the molecule is O=C1CC[C@@H](N2C(=O)[C@H]3[C@H](C2=O)[C@H]2CC[C@@H]3O2)C(=O)N1. The maximum absolute atomic E-state index is 12.5. The predicted octanol–water partition coefficient (Wildman–Crippen LogP) is -1.05. The summed E-state index contributed by atoms with van der Waals surface area (Å²) >= 11 is 0. The Kier molecular flexibility index (Phi) is 2.33. The van der Waals surface area contributed by atoms with E-state index in [0.29, 0.717) is 0 Å². The number of likely N-dealkylation sites (tertiary alicyclic amines) is 1. The molecule has 1 N–H and O–H groups in total. The molecule has 0 aliphatic carbocycles. The summed E-state index contributed by atoms with van der Waals surface area (Å²) in [6.45, 7) is 0. The molecule has 5 atom stereocenters. The first-order valence-corrected chi connectivity index (χ1v) is 6.94. The summed E-state index contributed by atoms with van der Waals surface area (Å²) in [6, 6.07) is -0.835. The van der Waals surface area contributed by atoms with Crippen molar-refractivity contribution in [2.75, 3.05) is 0 Å². The van der Waals surface area contributed by atoms with E-state index in [2.05, 4.69) is 5.32 Å². The minimum absolute atomic E-state index is 0.159. The molecule has 7 nitrogen and oxygen atoms in total. The molecule has 4 aliphatic heterocycles. The minimum Gasteiger partial charge on any atom is -0.373 e. The van der Waals surface area contributed by atoms with Crippen LogP contribution in [0.2, 0.25) is 0 Å². The molecule has 0 radical (unpaired) electrons. The fourth-order valence-corrected chi connectivity index (χ4v) is 3.97. The average Bonchev–Trinajstić information content (AvgIpc) is 3.06. The Balaban J connectivity index is 1.64. The van der Waals surface area contributed by atoms with Crippen LogP contribution >= 0.6 is 0 Å². The third-order valence-electron chi connectivity index (χ3n) is 4.84. The summed E-state index contributed by atoms with van der Waals surface area (Å²) < 4.78 is 5.64. The van der Waals surface area contributed by atoms with Gasteiger partial charge in [-0.1, -0.05) is 0 Å². The molecule has 0 spiro atoms. The molecule has 20 heavy (non-hydrogen) atoms. The standard InChI is InChI=1S/C13H14N2O5/c16-8-4-1-5(11(17)14-8)15-12(18)9-6-2-3-7(20-6)10(9)13(15)19/h5-7,9-10H,1-4H2,(H,14,16,17)/t5-,6-,7+,9-,10-/m1/s1. The van der Waals surface area contributed by atoms with Crippen molar-refractivity contribution in [3.8, 4) is 0 Å². The Hall–Kier alpha value is -1.76. The highest BCUT2D eigenvalue weighted by Crippen LogP contribution is 2.49. The van der Waals surface area contributed by atoms with Gasteiger partial charge in [0, 0.05) is 6.42 Å². The lowest BCUT2D eigenvalue weighted by molar-refractivity contribution is -0.153. The van der Waals surface area contributed by atoms with Crippen LogP contribution < -0.4 is 5.32 Å². The Morgan fingerprint density at radius 1 is 0.950 bits per heavy atom. The van der Waals surface area contributed by atoms with Crippen molar-refractivity contribution in [2.45, 2.75) is 43.9 Å². The molecule has 4 heterocycles. The number of nitrogens with zero attached hydrogens (tertiary/aromatic N) is 1. The maximum Gasteiger partial charge on any atom is 0.249 e. The zero-order chi connectivity index (χ0) is 14.0. The summed E-state index contributed by atoms with van der Waals surface area (Å²) in [5.74, 6) is -2.35. The Labute approximate surface area is 114 Å². The smallest absolute Gasteiger partial charge is 0.249 e. The van der Waals surface area contributed by atoms with Gasteiger partial charge in [0.05, 0.1) is 24.0 Å². The summed E-state index contributed by atoms with van der Waals surface area (Å²) in [4.78, 5) is 49.1. The number of fused-ring (bicyclic) bond motifs is 5. The summed E-state index contributed by atoms with van der Waals surface area (Å²) in [7, 11) is 0. The molecule has 0 aromatic rings. The van der Waals surface area contributed by atoms with E-state index in [0.717, 1.165) is 17.7 Å². The van der Waals surface area contributed by atoms with Gasteiger partial charge in [-0.05, 0) is 19.3 Å². The molecule has 0 saturated carbocycles. The fourth-order valence-electron chi connectivity index (χ4n) is 3.97. The van der Waals surface area contributed by atoms with Crippen LogP contribution in [0.4, 0.5) is 0 Å². The van der Waals surface area contributed by atoms with E-state index >= 15 is 0 Å². The quantitative estimate of drug-likeness (QED) is 0.618. The van der Waals surface area contributed by atoms with Gasteiger partial charge in [-0.3, -0.25) is 29.4 Å². The van der Waals surface area contributed by atoms with Crippen LogP contribution in [0.25, 0.3) is 0 Å². The highest BCUT2D eigenvalue weighted by molar-refractivity contribution is 6.11. The van der Waals surface area contributed by atoms with E-state index in [9.17, 15) is 19.2 Å². The first-order chi connectivity index (χ1) is 9.58. The van der Waals surface area contributed by atoms with Gasteiger partial charge >= 0.3 is 0 Å². The number of piperidine rings is 1. The summed E-state index contributed by atoms with van der Waals surface area (Å²) in [5.41, 5.74) is 0. The van der Waals surface area contributed by atoms with Crippen molar-refractivity contribution in [3.63, 3.8) is 0 Å². The van der Waals surface area contributed by atoms with Crippen LogP contribution in [-0.2, 0) is 23.9 Å². The second-order valence-corrected chi connectivity index (χ2v) is 5.86. The van der Waals surface area contributed by atoms with Gasteiger partial charge < -0.3 is 4.74 Å². The van der Waals surface area contributed by atoms with E-state index in [4.69, 9.17) is 4.74 Å². The number of carbonyl (C=O) groups excluding carboxylic acids is 4. The summed E-state index contributed by atoms with van der Waals surface area (Å²) in [6.07, 6.45) is 1.62. The van der Waals surface area contributed by atoms with Crippen LogP contribution in [0.5, 0.6) is 0 Å². The van der Waals surface area contributed by atoms with Crippen molar-refractivity contribution in [2.24, 2.45) is 11.8 Å². The number of nitrogens with one attached hydrogen (secondary N) is 1. The zero-order valence-corrected chi connectivity index (χ0v) is 10.7.